The Morgan fingerprint density at radius 3 is 2.48 bits per heavy atom. The summed E-state index contributed by atoms with van der Waals surface area (Å²) in [6.45, 7) is 0.340. The molecule has 1 atom stereocenters. The number of benzene rings is 1. The third-order valence-electron chi connectivity index (χ3n) is 3.25. The smallest absolute Gasteiger partial charge is 0.232 e. The fourth-order valence-corrected chi connectivity index (χ4v) is 2.11. The Hall–Kier alpha value is -1.95. The monoisotopic (exact) mass is 307 g/mol. The average molecular weight is 307 g/mol. The zero-order chi connectivity index (χ0) is 15.8. The van der Waals surface area contributed by atoms with Crippen LogP contribution in [-0.4, -0.2) is 42.3 Å². The van der Waals surface area contributed by atoms with Crippen molar-refractivity contribution in [3.63, 3.8) is 0 Å². The molecule has 0 radical (unpaired) electrons. The molecule has 0 aromatic heterocycles. The van der Waals surface area contributed by atoms with Gasteiger partial charge in [0, 0.05) is 27.1 Å². The van der Waals surface area contributed by atoms with E-state index in [-0.39, 0.29) is 23.2 Å². The summed E-state index contributed by atoms with van der Waals surface area (Å²) in [6, 6.07) is 9.60. The van der Waals surface area contributed by atoms with Gasteiger partial charge in [-0.25, -0.2) is 0 Å². The molecule has 0 aliphatic heterocycles. The Bertz CT molecular complexity index is 505. The van der Waals surface area contributed by atoms with E-state index in [2.05, 4.69) is 5.32 Å². The molecule has 21 heavy (non-hydrogen) atoms. The number of rotatable bonds is 7. The fourth-order valence-electron chi connectivity index (χ4n) is 1.93. The highest BCUT2D eigenvalue weighted by Gasteiger charge is 2.25. The Balaban J connectivity index is 2.69. The second-order valence-electron chi connectivity index (χ2n) is 4.83. The second-order valence-corrected chi connectivity index (χ2v) is 5.30. The van der Waals surface area contributed by atoms with Crippen LogP contribution >= 0.6 is 12.2 Å². The van der Waals surface area contributed by atoms with Gasteiger partial charge < -0.3 is 16.0 Å². The van der Waals surface area contributed by atoms with E-state index < -0.39 is 5.92 Å². The van der Waals surface area contributed by atoms with E-state index >= 15 is 0 Å². The lowest BCUT2D eigenvalue weighted by molar-refractivity contribution is -0.132. The van der Waals surface area contributed by atoms with Crippen molar-refractivity contribution >= 4 is 29.0 Å². The summed E-state index contributed by atoms with van der Waals surface area (Å²) in [5, 5.41) is 2.52. The molecule has 1 unspecified atom stereocenters. The molecule has 114 valence electrons. The topological polar surface area (TPSA) is 75.4 Å². The number of carbonyl (C=O) groups excluding carboxylic acids is 2. The Morgan fingerprint density at radius 2 is 1.95 bits per heavy atom. The molecule has 0 aliphatic carbocycles. The van der Waals surface area contributed by atoms with Crippen LogP contribution in [0, 0.1) is 5.92 Å². The van der Waals surface area contributed by atoms with Gasteiger partial charge in [-0.15, -0.1) is 0 Å². The van der Waals surface area contributed by atoms with Crippen molar-refractivity contribution in [2.75, 3.05) is 20.6 Å². The van der Waals surface area contributed by atoms with Crippen molar-refractivity contribution in [2.45, 2.75) is 12.8 Å². The van der Waals surface area contributed by atoms with Gasteiger partial charge in [0.15, 0.2) is 0 Å². The highest BCUT2D eigenvalue weighted by Crippen LogP contribution is 2.12. The van der Waals surface area contributed by atoms with Gasteiger partial charge in [-0.05, 0) is 12.0 Å². The predicted molar refractivity (Wildman–Crippen MR) is 86.7 cm³/mol. The van der Waals surface area contributed by atoms with Crippen LogP contribution in [0.3, 0.4) is 0 Å². The van der Waals surface area contributed by atoms with Gasteiger partial charge in [0.2, 0.25) is 11.8 Å². The number of nitrogens with one attached hydrogen (secondary N) is 1. The van der Waals surface area contributed by atoms with Crippen molar-refractivity contribution in [1.29, 1.82) is 0 Å². The summed E-state index contributed by atoms with van der Waals surface area (Å²) in [7, 11) is 3.22. The number of hydrogen-bond donors (Lipinski definition) is 2. The lowest BCUT2D eigenvalue weighted by atomic mass is 9.98. The molecule has 6 heteroatoms. The Labute approximate surface area is 130 Å². The molecule has 5 nitrogen and oxygen atoms in total. The van der Waals surface area contributed by atoms with Gasteiger partial charge in [-0.3, -0.25) is 9.59 Å². The van der Waals surface area contributed by atoms with Crippen molar-refractivity contribution in [1.82, 2.24) is 10.2 Å². The van der Waals surface area contributed by atoms with Crippen LogP contribution in [0.15, 0.2) is 30.3 Å². The van der Waals surface area contributed by atoms with Gasteiger partial charge in [0.05, 0.1) is 10.9 Å². The summed E-state index contributed by atoms with van der Waals surface area (Å²) >= 11 is 5.02. The van der Waals surface area contributed by atoms with Gasteiger partial charge in [0.25, 0.3) is 0 Å². The molecule has 3 N–H and O–H groups in total. The summed E-state index contributed by atoms with van der Waals surface area (Å²) in [4.78, 5) is 25.3. The van der Waals surface area contributed by atoms with Crippen LogP contribution in [0.1, 0.15) is 12.0 Å². The molecular weight excluding hydrogens is 286 g/mol. The van der Waals surface area contributed by atoms with E-state index in [1.54, 1.807) is 14.1 Å². The number of carbonyl (C=O) groups is 2. The van der Waals surface area contributed by atoms with E-state index in [1.807, 2.05) is 30.3 Å². The highest BCUT2D eigenvalue weighted by molar-refractivity contribution is 7.80. The lowest BCUT2D eigenvalue weighted by Crippen LogP contribution is -2.41. The molecule has 0 saturated heterocycles. The number of amides is 2. The Kier molecular flexibility index (Phi) is 6.81. The highest BCUT2D eigenvalue weighted by atomic mass is 32.1. The number of thiocarbonyl (C=S) groups is 1. The minimum atomic E-state index is -0.544. The van der Waals surface area contributed by atoms with E-state index in [0.29, 0.717) is 13.0 Å². The number of nitrogens with zero attached hydrogens (tertiary/aromatic N) is 1. The lowest BCUT2D eigenvalue weighted by Gasteiger charge is -2.23. The maximum atomic E-state index is 12.4. The zero-order valence-corrected chi connectivity index (χ0v) is 13.2. The summed E-state index contributed by atoms with van der Waals surface area (Å²) in [6.07, 6.45) is 0.730. The molecule has 0 spiro atoms. The zero-order valence-electron chi connectivity index (χ0n) is 12.3. The first-order valence-electron chi connectivity index (χ1n) is 6.74. The third kappa shape index (κ3) is 5.51. The van der Waals surface area contributed by atoms with Crippen LogP contribution in [0.2, 0.25) is 0 Å². The molecule has 0 heterocycles. The molecule has 0 aliphatic rings. The third-order valence-corrected chi connectivity index (χ3v) is 3.54. The molecule has 0 fully saturated rings. The minimum absolute atomic E-state index is 0.107. The molecule has 0 bridgehead atoms. The summed E-state index contributed by atoms with van der Waals surface area (Å²) in [5.41, 5.74) is 6.71. The molecule has 1 rings (SSSR count). The van der Waals surface area contributed by atoms with Gasteiger partial charge >= 0.3 is 0 Å². The van der Waals surface area contributed by atoms with Crippen LogP contribution in [0.25, 0.3) is 0 Å². The molecule has 2 amide bonds. The first-order valence-corrected chi connectivity index (χ1v) is 7.15. The van der Waals surface area contributed by atoms with Gasteiger partial charge in [0.1, 0.15) is 0 Å². The maximum Gasteiger partial charge on any atom is 0.232 e. The largest absolute Gasteiger partial charge is 0.393 e. The molecule has 1 aromatic carbocycles. The van der Waals surface area contributed by atoms with Crippen LogP contribution in [0.4, 0.5) is 0 Å². The van der Waals surface area contributed by atoms with Gasteiger partial charge in [-0.1, -0.05) is 42.5 Å². The standard InChI is InChI=1S/C15H21N3O2S/c1-17-13(19)8-9-18(2)15(20)12(14(16)21)10-11-6-4-3-5-7-11/h3-7,12H,8-10H2,1-2H3,(H2,16,21)(H,17,19). The number of nitrogens with two attached hydrogens (primary N) is 1. The molecule has 1 aromatic rings. The van der Waals surface area contributed by atoms with Crippen molar-refractivity contribution in [3.05, 3.63) is 35.9 Å². The van der Waals surface area contributed by atoms with E-state index in [1.165, 1.54) is 4.90 Å². The summed E-state index contributed by atoms with van der Waals surface area (Å²) < 4.78 is 0. The Morgan fingerprint density at radius 1 is 1.33 bits per heavy atom. The van der Waals surface area contributed by atoms with Crippen molar-refractivity contribution < 1.29 is 9.59 Å². The van der Waals surface area contributed by atoms with E-state index in [0.717, 1.165) is 5.56 Å². The maximum absolute atomic E-state index is 12.4. The second kappa shape index (κ2) is 8.36. The SMILES string of the molecule is CNC(=O)CCN(C)C(=O)C(Cc1ccccc1)C(N)=S. The quantitative estimate of drug-likeness (QED) is 0.728. The average Bonchev–Trinajstić information content (AvgIpc) is 2.49. The molecular formula is C15H21N3O2S. The first kappa shape index (κ1) is 17.1. The first-order chi connectivity index (χ1) is 9.95. The predicted octanol–water partition coefficient (Wildman–Crippen LogP) is 0.726. The van der Waals surface area contributed by atoms with Gasteiger partial charge in [-0.2, -0.15) is 0 Å². The normalized spacial score (nSPS) is 11.5. The van der Waals surface area contributed by atoms with Crippen molar-refractivity contribution in [3.8, 4) is 0 Å². The van der Waals surface area contributed by atoms with Crippen LogP contribution in [0.5, 0.6) is 0 Å². The van der Waals surface area contributed by atoms with Crippen LogP contribution in [-0.2, 0) is 16.0 Å². The van der Waals surface area contributed by atoms with Crippen LogP contribution < -0.4 is 11.1 Å². The fraction of sp³-hybridized carbons (Fsp3) is 0.400. The van der Waals surface area contributed by atoms with E-state index in [9.17, 15) is 9.59 Å². The number of hydrogen-bond acceptors (Lipinski definition) is 3. The van der Waals surface area contributed by atoms with E-state index in [4.69, 9.17) is 18.0 Å². The molecule has 0 saturated carbocycles. The minimum Gasteiger partial charge on any atom is -0.393 e. The summed E-state index contributed by atoms with van der Waals surface area (Å²) in [5.74, 6) is -0.808. The van der Waals surface area contributed by atoms with Crippen molar-refractivity contribution in [2.24, 2.45) is 11.7 Å².